The van der Waals surface area contributed by atoms with E-state index in [0.717, 1.165) is 17.7 Å². The van der Waals surface area contributed by atoms with Crippen LogP contribution in [-0.2, 0) is 11.2 Å². The Morgan fingerprint density at radius 3 is 2.65 bits per heavy atom. The van der Waals surface area contributed by atoms with Crippen LogP contribution in [-0.4, -0.2) is 36.2 Å². The van der Waals surface area contributed by atoms with E-state index in [1.807, 2.05) is 38.1 Å². The van der Waals surface area contributed by atoms with E-state index in [4.69, 9.17) is 14.6 Å². The normalized spacial score (nSPS) is 15.5. The zero-order valence-corrected chi connectivity index (χ0v) is 14.8. The van der Waals surface area contributed by atoms with Gasteiger partial charge in [-0.1, -0.05) is 18.2 Å². The van der Waals surface area contributed by atoms with E-state index >= 15 is 0 Å². The maximum atomic E-state index is 13.1. The van der Waals surface area contributed by atoms with Crippen LogP contribution < -0.4 is 14.4 Å². The number of carboxylic acid groups (broad SMARTS) is 1. The third-order valence-electron chi connectivity index (χ3n) is 4.27. The second-order valence-corrected chi connectivity index (χ2v) is 6.13. The van der Waals surface area contributed by atoms with Crippen molar-refractivity contribution in [3.05, 3.63) is 53.6 Å². The lowest BCUT2D eigenvalue weighted by Crippen LogP contribution is -2.35. The fourth-order valence-electron chi connectivity index (χ4n) is 3.18. The molecule has 1 heterocycles. The van der Waals surface area contributed by atoms with Crippen LogP contribution in [0.4, 0.5) is 5.69 Å². The molecule has 2 aromatic rings. The minimum atomic E-state index is -1.07. The van der Waals surface area contributed by atoms with E-state index in [1.54, 1.807) is 23.1 Å². The quantitative estimate of drug-likeness (QED) is 0.861. The molecule has 0 spiro atoms. The fourth-order valence-corrected chi connectivity index (χ4v) is 3.18. The van der Waals surface area contributed by atoms with Crippen molar-refractivity contribution in [1.82, 2.24) is 0 Å². The van der Waals surface area contributed by atoms with E-state index in [-0.39, 0.29) is 11.9 Å². The fraction of sp³-hybridized carbons (Fsp3) is 0.300. The molecule has 26 heavy (non-hydrogen) atoms. The van der Waals surface area contributed by atoms with Crippen LogP contribution >= 0.6 is 0 Å². The van der Waals surface area contributed by atoms with Gasteiger partial charge in [0.15, 0.2) is 18.1 Å². The summed E-state index contributed by atoms with van der Waals surface area (Å²) in [6.07, 6.45) is 0.819. The van der Waals surface area contributed by atoms with Crippen molar-refractivity contribution in [3.8, 4) is 11.5 Å². The van der Waals surface area contributed by atoms with Gasteiger partial charge in [0.2, 0.25) is 0 Å². The molecule has 2 aromatic carbocycles. The summed E-state index contributed by atoms with van der Waals surface area (Å²) in [4.78, 5) is 25.6. The summed E-state index contributed by atoms with van der Waals surface area (Å²) in [5, 5.41) is 8.78. The summed E-state index contributed by atoms with van der Waals surface area (Å²) in [6, 6.07) is 12.8. The van der Waals surface area contributed by atoms with Gasteiger partial charge in [-0.25, -0.2) is 4.79 Å². The number of rotatable bonds is 6. The molecule has 0 aliphatic carbocycles. The minimum absolute atomic E-state index is 0.0679. The zero-order valence-electron chi connectivity index (χ0n) is 14.8. The van der Waals surface area contributed by atoms with Crippen molar-refractivity contribution >= 4 is 17.6 Å². The van der Waals surface area contributed by atoms with Crippen LogP contribution in [0.5, 0.6) is 11.5 Å². The molecule has 136 valence electrons. The number of fused-ring (bicyclic) bond motifs is 1. The van der Waals surface area contributed by atoms with Crippen LogP contribution in [0.3, 0.4) is 0 Å². The number of anilines is 1. The average Bonchev–Trinajstić information content (AvgIpc) is 2.95. The summed E-state index contributed by atoms with van der Waals surface area (Å²) >= 11 is 0. The molecule has 3 rings (SSSR count). The Morgan fingerprint density at radius 1 is 1.15 bits per heavy atom. The molecule has 0 bridgehead atoms. The van der Waals surface area contributed by atoms with Crippen LogP contribution in [0.25, 0.3) is 0 Å². The largest absolute Gasteiger partial charge is 0.490 e. The molecule has 1 N–H and O–H groups in total. The van der Waals surface area contributed by atoms with Crippen molar-refractivity contribution in [2.24, 2.45) is 0 Å². The standard InChI is InChI=1S/C20H21NO5/c1-3-25-18-11-15(8-9-17(18)26-12-19(22)23)20(24)21-13(2)10-14-6-4-5-7-16(14)21/h4-9,11,13H,3,10,12H2,1-2H3,(H,22,23)/t13-/m1/s1. The Morgan fingerprint density at radius 2 is 1.92 bits per heavy atom. The number of aliphatic carboxylic acids is 1. The van der Waals surface area contributed by atoms with Crippen molar-refractivity contribution in [2.45, 2.75) is 26.3 Å². The lowest BCUT2D eigenvalue weighted by molar-refractivity contribution is -0.139. The molecule has 6 heteroatoms. The summed E-state index contributed by atoms with van der Waals surface area (Å²) < 4.78 is 10.8. The number of para-hydroxylation sites is 1. The predicted octanol–water partition coefficient (Wildman–Crippen LogP) is 3.14. The molecule has 1 atom stereocenters. The summed E-state index contributed by atoms with van der Waals surface area (Å²) in [7, 11) is 0. The van der Waals surface area contributed by atoms with Gasteiger partial charge in [-0.3, -0.25) is 4.79 Å². The SMILES string of the molecule is CCOc1cc(C(=O)N2c3ccccc3C[C@H]2C)ccc1OCC(=O)O. The number of nitrogens with zero attached hydrogens (tertiary/aromatic N) is 1. The molecule has 1 aliphatic rings. The highest BCUT2D eigenvalue weighted by molar-refractivity contribution is 6.08. The second kappa shape index (κ2) is 7.47. The smallest absolute Gasteiger partial charge is 0.341 e. The van der Waals surface area contributed by atoms with E-state index in [2.05, 4.69) is 0 Å². The lowest BCUT2D eigenvalue weighted by Gasteiger charge is -2.23. The maximum absolute atomic E-state index is 13.1. The monoisotopic (exact) mass is 355 g/mol. The van der Waals surface area contributed by atoms with E-state index in [0.29, 0.717) is 23.7 Å². The summed E-state index contributed by atoms with van der Waals surface area (Å²) in [6.45, 7) is 3.74. The third-order valence-corrected chi connectivity index (χ3v) is 4.27. The van der Waals surface area contributed by atoms with Gasteiger partial charge in [0, 0.05) is 17.3 Å². The number of ether oxygens (including phenoxy) is 2. The molecule has 0 fully saturated rings. The van der Waals surface area contributed by atoms with Crippen LogP contribution in [0, 0.1) is 0 Å². The number of amides is 1. The highest BCUT2D eigenvalue weighted by Crippen LogP contribution is 2.35. The second-order valence-electron chi connectivity index (χ2n) is 6.13. The molecule has 1 amide bonds. The molecule has 0 saturated heterocycles. The molecule has 6 nitrogen and oxygen atoms in total. The van der Waals surface area contributed by atoms with Gasteiger partial charge < -0.3 is 19.5 Å². The number of carboxylic acids is 1. The number of benzene rings is 2. The Balaban J connectivity index is 1.90. The molecule has 0 aromatic heterocycles. The predicted molar refractivity (Wildman–Crippen MR) is 97.2 cm³/mol. The Hall–Kier alpha value is -3.02. The Kier molecular flexibility index (Phi) is 5.11. The molecule has 1 aliphatic heterocycles. The maximum Gasteiger partial charge on any atom is 0.341 e. The van der Waals surface area contributed by atoms with Gasteiger partial charge in [-0.15, -0.1) is 0 Å². The van der Waals surface area contributed by atoms with Gasteiger partial charge in [0.1, 0.15) is 0 Å². The number of hydrogen-bond acceptors (Lipinski definition) is 4. The first-order valence-electron chi connectivity index (χ1n) is 8.54. The van der Waals surface area contributed by atoms with Gasteiger partial charge in [0.05, 0.1) is 6.61 Å². The number of carbonyl (C=O) groups excluding carboxylic acids is 1. The van der Waals surface area contributed by atoms with Crippen molar-refractivity contribution < 1.29 is 24.2 Å². The lowest BCUT2D eigenvalue weighted by atomic mass is 10.1. The first kappa shape index (κ1) is 17.8. The molecule has 0 unspecified atom stereocenters. The van der Waals surface area contributed by atoms with Gasteiger partial charge in [0.25, 0.3) is 5.91 Å². The molecular formula is C20H21NO5. The molecular weight excluding hydrogens is 334 g/mol. The number of hydrogen-bond donors (Lipinski definition) is 1. The van der Waals surface area contributed by atoms with Gasteiger partial charge in [-0.2, -0.15) is 0 Å². The number of carbonyl (C=O) groups is 2. The third kappa shape index (κ3) is 3.49. The van der Waals surface area contributed by atoms with Crippen LogP contribution in [0.2, 0.25) is 0 Å². The summed E-state index contributed by atoms with van der Waals surface area (Å²) in [5.74, 6) is -0.524. The van der Waals surface area contributed by atoms with Crippen molar-refractivity contribution in [2.75, 3.05) is 18.1 Å². The molecule has 0 radical (unpaired) electrons. The topological polar surface area (TPSA) is 76.1 Å². The highest BCUT2D eigenvalue weighted by atomic mass is 16.5. The minimum Gasteiger partial charge on any atom is -0.490 e. The Labute approximate surface area is 152 Å². The van der Waals surface area contributed by atoms with E-state index in [9.17, 15) is 9.59 Å². The van der Waals surface area contributed by atoms with Crippen molar-refractivity contribution in [1.29, 1.82) is 0 Å². The zero-order chi connectivity index (χ0) is 18.7. The van der Waals surface area contributed by atoms with E-state index in [1.165, 1.54) is 0 Å². The average molecular weight is 355 g/mol. The molecule has 0 saturated carbocycles. The van der Waals surface area contributed by atoms with Crippen molar-refractivity contribution in [3.63, 3.8) is 0 Å². The summed E-state index contributed by atoms with van der Waals surface area (Å²) in [5.41, 5.74) is 2.55. The Bertz CT molecular complexity index is 833. The first-order valence-corrected chi connectivity index (χ1v) is 8.54. The van der Waals surface area contributed by atoms with E-state index < -0.39 is 12.6 Å². The first-order chi connectivity index (χ1) is 12.5. The van der Waals surface area contributed by atoms with Gasteiger partial charge in [-0.05, 0) is 50.1 Å². The van der Waals surface area contributed by atoms with Crippen LogP contribution in [0.15, 0.2) is 42.5 Å². The van der Waals surface area contributed by atoms with Crippen LogP contribution in [0.1, 0.15) is 29.8 Å². The highest BCUT2D eigenvalue weighted by Gasteiger charge is 2.31. The van der Waals surface area contributed by atoms with Gasteiger partial charge >= 0.3 is 5.97 Å².